The van der Waals surface area contributed by atoms with E-state index in [4.69, 9.17) is 0 Å². The fourth-order valence-electron chi connectivity index (χ4n) is 4.89. The van der Waals surface area contributed by atoms with Gasteiger partial charge in [0.2, 0.25) is 5.91 Å². The minimum absolute atomic E-state index is 0.0282. The highest BCUT2D eigenvalue weighted by Gasteiger charge is 2.31. The van der Waals surface area contributed by atoms with Gasteiger partial charge in [-0.1, -0.05) is 48.5 Å². The van der Waals surface area contributed by atoms with Crippen molar-refractivity contribution in [1.82, 2.24) is 30.2 Å². The summed E-state index contributed by atoms with van der Waals surface area (Å²) >= 11 is 0. The molecule has 32 heavy (non-hydrogen) atoms. The summed E-state index contributed by atoms with van der Waals surface area (Å²) in [6.45, 7) is 2.89. The average molecular weight is 425 g/mol. The van der Waals surface area contributed by atoms with E-state index in [0.717, 1.165) is 31.7 Å². The van der Waals surface area contributed by atoms with Crippen molar-refractivity contribution in [3.8, 4) is 11.1 Å². The molecule has 0 spiro atoms. The first kappa shape index (κ1) is 18.9. The number of benzene rings is 2. The Morgan fingerprint density at radius 2 is 1.50 bits per heavy atom. The highest BCUT2D eigenvalue weighted by molar-refractivity contribution is 5.81. The Bertz CT molecular complexity index is 1240. The first-order chi connectivity index (χ1) is 15.8. The number of piperidine rings is 1. The number of aromatic nitrogens is 5. The largest absolute Gasteiger partial charge is 0.355 e. The Morgan fingerprint density at radius 1 is 0.844 bits per heavy atom. The quantitative estimate of drug-likeness (QED) is 0.491. The van der Waals surface area contributed by atoms with Gasteiger partial charge in [-0.05, 0) is 57.7 Å². The van der Waals surface area contributed by atoms with Crippen LogP contribution in [-0.2, 0) is 17.9 Å². The van der Waals surface area contributed by atoms with Crippen LogP contribution in [0.25, 0.3) is 16.8 Å². The Hall–Kier alpha value is -3.81. The molecule has 0 N–H and O–H groups in total. The third-order valence-corrected chi connectivity index (χ3v) is 6.58. The maximum absolute atomic E-state index is 13.6. The van der Waals surface area contributed by atoms with Gasteiger partial charge < -0.3 is 9.80 Å². The van der Waals surface area contributed by atoms with Crippen molar-refractivity contribution in [3.63, 3.8) is 0 Å². The summed E-state index contributed by atoms with van der Waals surface area (Å²) in [5, 5.41) is 15.9. The summed E-state index contributed by atoms with van der Waals surface area (Å²) in [6.07, 6.45) is 1.63. The molecule has 0 radical (unpaired) electrons. The van der Waals surface area contributed by atoms with E-state index in [1.165, 1.54) is 26.9 Å². The molecule has 8 nitrogen and oxygen atoms in total. The first-order valence-corrected chi connectivity index (χ1v) is 11.0. The molecule has 2 aromatic heterocycles. The predicted molar refractivity (Wildman–Crippen MR) is 120 cm³/mol. The lowest BCUT2D eigenvalue weighted by molar-refractivity contribution is -0.137. The van der Waals surface area contributed by atoms with E-state index < -0.39 is 0 Å². The number of amides is 1. The number of tetrazole rings is 1. The van der Waals surface area contributed by atoms with Crippen LogP contribution in [0, 0.1) is 5.92 Å². The Morgan fingerprint density at radius 3 is 2.19 bits per heavy atom. The van der Waals surface area contributed by atoms with E-state index in [1.54, 1.807) is 0 Å². The van der Waals surface area contributed by atoms with Gasteiger partial charge in [0.05, 0.1) is 0 Å². The number of anilines is 1. The first-order valence-electron chi connectivity index (χ1n) is 11.0. The van der Waals surface area contributed by atoms with Crippen LogP contribution in [0.3, 0.4) is 0 Å². The molecule has 2 aliphatic rings. The van der Waals surface area contributed by atoms with Crippen LogP contribution in [0.5, 0.6) is 0 Å². The van der Waals surface area contributed by atoms with Crippen LogP contribution in [0.4, 0.5) is 5.82 Å². The molecule has 6 rings (SSSR count). The summed E-state index contributed by atoms with van der Waals surface area (Å²) in [4.78, 5) is 17.8. The monoisotopic (exact) mass is 425 g/mol. The number of hydrogen-bond acceptors (Lipinski definition) is 6. The summed E-state index contributed by atoms with van der Waals surface area (Å²) in [5.41, 5.74) is 5.51. The van der Waals surface area contributed by atoms with Gasteiger partial charge >= 0.3 is 0 Å². The number of carbonyl (C=O) groups is 1. The van der Waals surface area contributed by atoms with Gasteiger partial charge in [-0.2, -0.15) is 0 Å². The van der Waals surface area contributed by atoms with Gasteiger partial charge in [-0.15, -0.1) is 14.8 Å². The molecule has 160 valence electrons. The predicted octanol–water partition coefficient (Wildman–Crippen LogP) is 2.95. The van der Waals surface area contributed by atoms with E-state index >= 15 is 0 Å². The summed E-state index contributed by atoms with van der Waals surface area (Å²) in [5.74, 6) is 1.12. The Balaban J connectivity index is 1.20. The zero-order chi connectivity index (χ0) is 21.5. The third-order valence-electron chi connectivity index (χ3n) is 6.58. The minimum atomic E-state index is 0.0282. The van der Waals surface area contributed by atoms with E-state index in [2.05, 4.69) is 74.1 Å². The van der Waals surface area contributed by atoms with Crippen molar-refractivity contribution >= 4 is 17.4 Å². The fourth-order valence-corrected chi connectivity index (χ4v) is 4.89. The zero-order valence-electron chi connectivity index (χ0n) is 17.6. The molecule has 0 aliphatic carbocycles. The van der Waals surface area contributed by atoms with E-state index in [1.807, 2.05) is 17.0 Å². The molecule has 0 atom stereocenters. The van der Waals surface area contributed by atoms with Crippen LogP contribution in [0.1, 0.15) is 24.0 Å². The van der Waals surface area contributed by atoms with Crippen molar-refractivity contribution in [3.05, 3.63) is 71.8 Å². The van der Waals surface area contributed by atoms with Crippen molar-refractivity contribution in [2.75, 3.05) is 18.0 Å². The van der Waals surface area contributed by atoms with Crippen LogP contribution in [0.2, 0.25) is 0 Å². The van der Waals surface area contributed by atoms with Gasteiger partial charge in [-0.3, -0.25) is 4.79 Å². The molecule has 4 aromatic rings. The lowest BCUT2D eigenvalue weighted by Gasteiger charge is -2.34. The molecule has 1 saturated heterocycles. The van der Waals surface area contributed by atoms with Crippen LogP contribution >= 0.6 is 0 Å². The van der Waals surface area contributed by atoms with Gasteiger partial charge in [0.1, 0.15) is 0 Å². The van der Waals surface area contributed by atoms with Crippen molar-refractivity contribution in [1.29, 1.82) is 0 Å². The van der Waals surface area contributed by atoms with E-state index in [-0.39, 0.29) is 11.8 Å². The van der Waals surface area contributed by atoms with Gasteiger partial charge in [0.25, 0.3) is 0 Å². The molecule has 8 heteroatoms. The molecule has 2 aromatic carbocycles. The lowest BCUT2D eigenvalue weighted by Crippen LogP contribution is -2.42. The number of carbonyl (C=O) groups excluding carboxylic acids is 1. The lowest BCUT2D eigenvalue weighted by atomic mass is 9.95. The van der Waals surface area contributed by atoms with Crippen LogP contribution < -0.4 is 4.90 Å². The Kier molecular flexibility index (Phi) is 4.56. The summed E-state index contributed by atoms with van der Waals surface area (Å²) in [7, 11) is 0. The number of fused-ring (bicyclic) bond motifs is 4. The van der Waals surface area contributed by atoms with Crippen LogP contribution in [0.15, 0.2) is 60.7 Å². The second kappa shape index (κ2) is 7.71. The smallest absolute Gasteiger partial charge is 0.226 e. The maximum atomic E-state index is 13.6. The van der Waals surface area contributed by atoms with Gasteiger partial charge in [0, 0.05) is 32.1 Å². The summed E-state index contributed by atoms with van der Waals surface area (Å²) in [6, 6.07) is 20.7. The number of nitrogens with zero attached hydrogens (tertiary/aromatic N) is 7. The second-order valence-corrected chi connectivity index (χ2v) is 8.49. The van der Waals surface area contributed by atoms with E-state index in [0.29, 0.717) is 18.7 Å². The second-order valence-electron chi connectivity index (χ2n) is 8.49. The molecular formula is C24H23N7O. The maximum Gasteiger partial charge on any atom is 0.226 e. The SMILES string of the molecule is O=C(C1CCN(c2ccc3nnnn3n2)CC1)N1Cc2ccccc2-c2ccccc2C1. The minimum Gasteiger partial charge on any atom is -0.355 e. The normalized spacial score (nSPS) is 16.5. The zero-order valence-corrected chi connectivity index (χ0v) is 17.6. The topological polar surface area (TPSA) is 79.5 Å². The molecule has 0 bridgehead atoms. The van der Waals surface area contributed by atoms with Gasteiger partial charge in [0.15, 0.2) is 11.5 Å². The molecular weight excluding hydrogens is 402 g/mol. The Labute approximate surface area is 185 Å². The highest BCUT2D eigenvalue weighted by atomic mass is 16.2. The number of rotatable bonds is 2. The fraction of sp³-hybridized carbons (Fsp3) is 0.292. The molecule has 1 fully saturated rings. The standard InChI is InChI=1S/C24H23N7O/c32-24(17-11-13-29(14-12-17)23-10-9-22-25-27-28-31(22)26-23)30-15-18-5-1-3-7-20(18)21-8-4-2-6-19(21)16-30/h1-10,17H,11-16H2. The molecule has 0 saturated carbocycles. The summed E-state index contributed by atoms with van der Waals surface area (Å²) < 4.78 is 1.44. The average Bonchev–Trinajstić information content (AvgIpc) is 3.25. The van der Waals surface area contributed by atoms with Crippen molar-refractivity contribution in [2.45, 2.75) is 25.9 Å². The third kappa shape index (κ3) is 3.28. The van der Waals surface area contributed by atoms with Crippen LogP contribution in [-0.4, -0.2) is 49.2 Å². The van der Waals surface area contributed by atoms with Crippen molar-refractivity contribution < 1.29 is 4.79 Å². The molecule has 0 unspecified atom stereocenters. The van der Waals surface area contributed by atoms with E-state index in [9.17, 15) is 4.79 Å². The molecule has 4 heterocycles. The molecule has 1 amide bonds. The van der Waals surface area contributed by atoms with Crippen molar-refractivity contribution in [2.24, 2.45) is 5.92 Å². The van der Waals surface area contributed by atoms with Gasteiger partial charge in [-0.25, -0.2) is 0 Å². The number of hydrogen-bond donors (Lipinski definition) is 0. The highest BCUT2D eigenvalue weighted by Crippen LogP contribution is 2.34. The molecule has 2 aliphatic heterocycles.